The quantitative estimate of drug-likeness (QED) is 0.671. The number of nitrogens with zero attached hydrogens (tertiary/aromatic N) is 5. The topological polar surface area (TPSA) is 65.3 Å². The van der Waals surface area contributed by atoms with E-state index in [4.69, 9.17) is 14.5 Å². The molecule has 152 valence electrons. The second kappa shape index (κ2) is 7.94. The molecule has 7 nitrogen and oxygen atoms in total. The lowest BCUT2D eigenvalue weighted by atomic mass is 9.98. The number of morpholine rings is 1. The summed E-state index contributed by atoms with van der Waals surface area (Å²) in [4.78, 5) is 11.5. The first-order chi connectivity index (χ1) is 14.3. The van der Waals surface area contributed by atoms with E-state index in [0.717, 1.165) is 50.0 Å². The van der Waals surface area contributed by atoms with E-state index in [-0.39, 0.29) is 17.7 Å². The first-order valence-electron chi connectivity index (χ1n) is 10.3. The van der Waals surface area contributed by atoms with Gasteiger partial charge in [0.15, 0.2) is 11.6 Å². The van der Waals surface area contributed by atoms with Crippen molar-refractivity contribution in [2.75, 3.05) is 31.2 Å². The van der Waals surface area contributed by atoms with Gasteiger partial charge in [0.2, 0.25) is 0 Å². The minimum atomic E-state index is -0.388. The Hall–Kier alpha value is -2.74. The summed E-state index contributed by atoms with van der Waals surface area (Å²) in [5.41, 5.74) is 0.542. The van der Waals surface area contributed by atoms with Crippen LogP contribution in [-0.2, 0) is 4.74 Å². The number of ether oxygens (including phenoxy) is 2. The van der Waals surface area contributed by atoms with Gasteiger partial charge >= 0.3 is 0 Å². The van der Waals surface area contributed by atoms with E-state index in [1.807, 2.05) is 6.07 Å². The van der Waals surface area contributed by atoms with Crippen LogP contribution in [0.25, 0.3) is 16.9 Å². The highest BCUT2D eigenvalue weighted by atomic mass is 19.1. The predicted molar refractivity (Wildman–Crippen MR) is 107 cm³/mol. The van der Waals surface area contributed by atoms with Crippen LogP contribution in [0.2, 0.25) is 0 Å². The number of halogens is 1. The largest absolute Gasteiger partial charge is 0.487 e. The summed E-state index contributed by atoms with van der Waals surface area (Å²) in [5.74, 6) is 1.08. The number of hydrogen-bond acceptors (Lipinski definition) is 6. The minimum Gasteiger partial charge on any atom is -0.487 e. The predicted octanol–water partition coefficient (Wildman–Crippen LogP) is 3.50. The van der Waals surface area contributed by atoms with Crippen molar-refractivity contribution in [3.8, 4) is 11.7 Å². The molecular formula is C21H24FN5O2. The van der Waals surface area contributed by atoms with Gasteiger partial charge in [0, 0.05) is 36.9 Å². The molecule has 0 amide bonds. The molecular weight excluding hydrogens is 373 g/mol. The van der Waals surface area contributed by atoms with E-state index < -0.39 is 0 Å². The van der Waals surface area contributed by atoms with Crippen molar-refractivity contribution in [2.24, 2.45) is 0 Å². The summed E-state index contributed by atoms with van der Waals surface area (Å²) in [6, 6.07) is 5.02. The fraction of sp³-hybridized carbons (Fsp3) is 0.476. The van der Waals surface area contributed by atoms with E-state index in [1.54, 1.807) is 23.1 Å². The van der Waals surface area contributed by atoms with Crippen LogP contribution in [-0.4, -0.2) is 52.2 Å². The Labute approximate surface area is 168 Å². The van der Waals surface area contributed by atoms with Crippen molar-refractivity contribution in [1.29, 1.82) is 0 Å². The van der Waals surface area contributed by atoms with Crippen LogP contribution in [0, 0.1) is 5.82 Å². The maximum absolute atomic E-state index is 14.9. The molecule has 0 spiro atoms. The van der Waals surface area contributed by atoms with E-state index in [9.17, 15) is 4.39 Å². The molecule has 0 radical (unpaired) electrons. The van der Waals surface area contributed by atoms with E-state index in [2.05, 4.69) is 15.0 Å². The Morgan fingerprint density at radius 2 is 1.90 bits per heavy atom. The van der Waals surface area contributed by atoms with Gasteiger partial charge in [-0.15, -0.1) is 0 Å². The molecule has 2 aromatic heterocycles. The first kappa shape index (κ1) is 18.3. The Morgan fingerprint density at radius 1 is 1.07 bits per heavy atom. The molecule has 2 fully saturated rings. The molecule has 0 N–H and O–H groups in total. The molecule has 1 saturated heterocycles. The smallest absolute Gasteiger partial charge is 0.253 e. The van der Waals surface area contributed by atoms with Crippen molar-refractivity contribution in [3.63, 3.8) is 0 Å². The van der Waals surface area contributed by atoms with Crippen molar-refractivity contribution < 1.29 is 13.9 Å². The molecule has 1 aromatic carbocycles. The number of hydrogen-bond donors (Lipinski definition) is 0. The Kier molecular flexibility index (Phi) is 5.01. The van der Waals surface area contributed by atoms with Gasteiger partial charge in [-0.05, 0) is 37.8 Å². The van der Waals surface area contributed by atoms with Crippen LogP contribution in [0.1, 0.15) is 32.1 Å². The van der Waals surface area contributed by atoms with Crippen molar-refractivity contribution in [3.05, 3.63) is 36.4 Å². The van der Waals surface area contributed by atoms with Gasteiger partial charge in [0.05, 0.1) is 24.8 Å². The summed E-state index contributed by atoms with van der Waals surface area (Å²) in [6.45, 7) is 2.71. The molecule has 3 heterocycles. The Morgan fingerprint density at radius 3 is 2.66 bits per heavy atom. The average molecular weight is 397 g/mol. The van der Waals surface area contributed by atoms with E-state index >= 15 is 0 Å². The van der Waals surface area contributed by atoms with Crippen LogP contribution in [0.5, 0.6) is 5.75 Å². The number of rotatable bonds is 4. The highest BCUT2D eigenvalue weighted by Gasteiger charge is 2.22. The number of anilines is 1. The number of fused-ring (bicyclic) bond motifs is 1. The van der Waals surface area contributed by atoms with E-state index in [1.165, 1.54) is 12.5 Å². The highest BCUT2D eigenvalue weighted by molar-refractivity contribution is 5.91. The number of aromatic nitrogens is 4. The first-order valence-corrected chi connectivity index (χ1v) is 10.3. The monoisotopic (exact) mass is 397 g/mol. The zero-order valence-corrected chi connectivity index (χ0v) is 16.3. The maximum atomic E-state index is 14.9. The van der Waals surface area contributed by atoms with Crippen molar-refractivity contribution >= 4 is 16.7 Å². The lowest BCUT2D eigenvalue weighted by molar-refractivity contribution is 0.122. The number of benzene rings is 1. The lowest BCUT2D eigenvalue weighted by Gasteiger charge is -2.29. The third-order valence-electron chi connectivity index (χ3n) is 5.58. The Balaban J connectivity index is 1.59. The van der Waals surface area contributed by atoms with Crippen LogP contribution < -0.4 is 9.64 Å². The summed E-state index contributed by atoms with van der Waals surface area (Å²) in [5, 5.41) is 5.01. The molecule has 29 heavy (non-hydrogen) atoms. The van der Waals surface area contributed by atoms with Crippen LogP contribution in [0.3, 0.4) is 0 Å². The molecule has 2 aliphatic rings. The highest BCUT2D eigenvalue weighted by Crippen LogP contribution is 2.33. The summed E-state index contributed by atoms with van der Waals surface area (Å²) >= 11 is 0. The summed E-state index contributed by atoms with van der Waals surface area (Å²) < 4.78 is 28.0. The maximum Gasteiger partial charge on any atom is 0.253 e. The molecule has 3 aromatic rings. The third-order valence-corrected chi connectivity index (χ3v) is 5.58. The van der Waals surface area contributed by atoms with Crippen molar-refractivity contribution in [2.45, 2.75) is 38.2 Å². The summed E-state index contributed by atoms with van der Waals surface area (Å²) in [7, 11) is 0. The second-order valence-electron chi connectivity index (χ2n) is 7.57. The molecule has 0 atom stereocenters. The molecule has 0 bridgehead atoms. The molecule has 1 aliphatic heterocycles. The molecule has 1 saturated carbocycles. The molecule has 0 unspecified atom stereocenters. The standard InChI is InChI=1S/C21H24FN5O2/c22-17-14-18-16(13-19(17)29-15-5-2-1-3-6-15)20(26-9-11-28-12-10-26)25-21(24-18)27-8-4-7-23-27/h4,7-8,13-15H,1-3,5-6,9-12H2. The van der Waals surface area contributed by atoms with Gasteiger partial charge in [-0.2, -0.15) is 10.1 Å². The van der Waals surface area contributed by atoms with Gasteiger partial charge < -0.3 is 14.4 Å². The van der Waals surface area contributed by atoms with Crippen LogP contribution in [0.15, 0.2) is 30.6 Å². The van der Waals surface area contributed by atoms with Gasteiger partial charge in [0.1, 0.15) is 5.82 Å². The van der Waals surface area contributed by atoms with Gasteiger partial charge in [0.25, 0.3) is 5.95 Å². The molecule has 8 heteroatoms. The third kappa shape index (κ3) is 3.76. The van der Waals surface area contributed by atoms with Crippen LogP contribution in [0.4, 0.5) is 10.2 Å². The van der Waals surface area contributed by atoms with Gasteiger partial charge in [-0.1, -0.05) is 6.42 Å². The average Bonchev–Trinajstić information content (AvgIpc) is 3.30. The zero-order valence-electron chi connectivity index (χ0n) is 16.3. The fourth-order valence-electron chi connectivity index (χ4n) is 4.06. The van der Waals surface area contributed by atoms with Crippen molar-refractivity contribution in [1.82, 2.24) is 19.7 Å². The second-order valence-corrected chi connectivity index (χ2v) is 7.57. The Bertz CT molecular complexity index is 982. The minimum absolute atomic E-state index is 0.0757. The summed E-state index contributed by atoms with van der Waals surface area (Å²) in [6.07, 6.45) is 8.97. The molecule has 1 aliphatic carbocycles. The SMILES string of the molecule is Fc1cc2nc(-n3cccn3)nc(N3CCOCC3)c2cc1OC1CCCCC1. The van der Waals surface area contributed by atoms with Crippen LogP contribution >= 0.6 is 0 Å². The lowest BCUT2D eigenvalue weighted by Crippen LogP contribution is -2.37. The normalized spacial score (nSPS) is 18.3. The zero-order chi connectivity index (χ0) is 19.6. The van der Waals surface area contributed by atoms with Gasteiger partial charge in [-0.3, -0.25) is 0 Å². The van der Waals surface area contributed by atoms with E-state index in [0.29, 0.717) is 24.7 Å². The fourth-order valence-corrected chi connectivity index (χ4v) is 4.06. The molecule has 5 rings (SSSR count). The van der Waals surface area contributed by atoms with Gasteiger partial charge in [-0.25, -0.2) is 14.1 Å².